The van der Waals surface area contributed by atoms with Gasteiger partial charge in [-0.1, -0.05) is 73.5 Å². The van der Waals surface area contributed by atoms with Crippen LogP contribution in [0, 0.1) is 18.6 Å². The average Bonchev–Trinajstić information content (AvgIpc) is 2.68. The summed E-state index contributed by atoms with van der Waals surface area (Å²) in [4.78, 5) is 0. The van der Waals surface area contributed by atoms with Gasteiger partial charge in [-0.3, -0.25) is 0 Å². The van der Waals surface area contributed by atoms with Gasteiger partial charge in [0.05, 0.1) is 5.56 Å². The summed E-state index contributed by atoms with van der Waals surface area (Å²) in [6.45, 7) is 4.11. The molecule has 0 bridgehead atoms. The Morgan fingerprint density at radius 3 is 1.93 bits per heavy atom. The monoisotopic (exact) mass is 372 g/mol. The fraction of sp³-hybridized carbons (Fsp3) is 0.154. The molecule has 0 nitrogen and oxygen atoms in total. The maximum absolute atomic E-state index is 14.8. The van der Waals surface area contributed by atoms with Crippen LogP contribution in [0.5, 0.6) is 0 Å². The van der Waals surface area contributed by atoms with Gasteiger partial charge in [-0.15, -0.1) is 0 Å². The van der Waals surface area contributed by atoms with E-state index >= 15 is 0 Å². The lowest BCUT2D eigenvalue weighted by Gasteiger charge is -2.10. The first kappa shape index (κ1) is 18.4. The first-order chi connectivity index (χ1) is 13.5. The van der Waals surface area contributed by atoms with Crippen LogP contribution < -0.4 is 0 Å². The van der Waals surface area contributed by atoms with Crippen LogP contribution in [-0.4, -0.2) is 0 Å². The molecular formula is C26H22F2. The molecule has 2 heteroatoms. The number of hydrogen-bond acceptors (Lipinski definition) is 0. The zero-order chi connectivity index (χ0) is 19.7. The molecule has 0 radical (unpaired) electrons. The van der Waals surface area contributed by atoms with Gasteiger partial charge in [0, 0.05) is 0 Å². The summed E-state index contributed by atoms with van der Waals surface area (Å²) in [5.41, 5.74) is 4.29. The minimum Gasteiger partial charge on any atom is -0.206 e. The van der Waals surface area contributed by atoms with Crippen molar-refractivity contribution in [2.75, 3.05) is 0 Å². The number of halogens is 2. The topological polar surface area (TPSA) is 0 Å². The molecule has 0 saturated heterocycles. The van der Waals surface area contributed by atoms with Gasteiger partial charge in [0.2, 0.25) is 0 Å². The van der Waals surface area contributed by atoms with Crippen LogP contribution in [-0.2, 0) is 6.42 Å². The summed E-state index contributed by atoms with van der Waals surface area (Å²) < 4.78 is 29.6. The van der Waals surface area contributed by atoms with Gasteiger partial charge in [-0.2, -0.15) is 0 Å². The van der Waals surface area contributed by atoms with Crippen molar-refractivity contribution in [2.45, 2.75) is 26.7 Å². The van der Waals surface area contributed by atoms with Gasteiger partial charge in [-0.05, 0) is 64.6 Å². The summed E-state index contributed by atoms with van der Waals surface area (Å²) in [7, 11) is 0. The fourth-order valence-corrected chi connectivity index (χ4v) is 3.65. The van der Waals surface area contributed by atoms with E-state index in [0.29, 0.717) is 11.1 Å². The standard InChI is InChI=1S/C26H22F2/c1-3-4-18-7-10-21-14-22(12-11-20(21)13-18)23-15-24(27)26(25(28)16-23)19-8-5-17(2)6-9-19/h5-16H,3-4H2,1-2H3. The minimum atomic E-state index is -0.544. The molecular weight excluding hydrogens is 350 g/mol. The molecule has 4 rings (SSSR count). The quantitative estimate of drug-likeness (QED) is 0.344. The molecule has 0 amide bonds. The van der Waals surface area contributed by atoms with Crippen LogP contribution in [0.2, 0.25) is 0 Å². The van der Waals surface area contributed by atoms with Crippen molar-refractivity contribution >= 4 is 10.8 Å². The van der Waals surface area contributed by atoms with Crippen molar-refractivity contribution in [1.82, 2.24) is 0 Å². The lowest BCUT2D eigenvalue weighted by molar-refractivity contribution is 0.590. The highest BCUT2D eigenvalue weighted by atomic mass is 19.1. The Bertz CT molecular complexity index is 1120. The van der Waals surface area contributed by atoms with Gasteiger partial charge in [0.15, 0.2) is 0 Å². The largest absolute Gasteiger partial charge is 0.206 e. The lowest BCUT2D eigenvalue weighted by atomic mass is 9.96. The SMILES string of the molecule is CCCc1ccc2cc(-c3cc(F)c(-c4ccc(C)cc4)c(F)c3)ccc2c1. The molecule has 0 saturated carbocycles. The van der Waals surface area contributed by atoms with Crippen molar-refractivity contribution in [3.8, 4) is 22.3 Å². The predicted molar refractivity (Wildman–Crippen MR) is 113 cm³/mol. The van der Waals surface area contributed by atoms with Crippen molar-refractivity contribution in [3.63, 3.8) is 0 Å². The Kier molecular flexibility index (Phi) is 4.95. The highest BCUT2D eigenvalue weighted by Gasteiger charge is 2.14. The van der Waals surface area contributed by atoms with Crippen molar-refractivity contribution < 1.29 is 8.78 Å². The first-order valence-corrected chi connectivity index (χ1v) is 9.64. The van der Waals surface area contributed by atoms with E-state index in [1.54, 1.807) is 12.1 Å². The maximum atomic E-state index is 14.8. The van der Waals surface area contributed by atoms with Crippen LogP contribution >= 0.6 is 0 Å². The minimum absolute atomic E-state index is 0.0220. The highest BCUT2D eigenvalue weighted by molar-refractivity contribution is 5.88. The highest BCUT2D eigenvalue weighted by Crippen LogP contribution is 2.32. The van der Waals surface area contributed by atoms with Crippen molar-refractivity contribution in [2.24, 2.45) is 0 Å². The smallest absolute Gasteiger partial charge is 0.134 e. The van der Waals surface area contributed by atoms with E-state index in [0.717, 1.165) is 34.7 Å². The number of aryl methyl sites for hydroxylation is 2. The van der Waals surface area contributed by atoms with Crippen LogP contribution in [0.15, 0.2) is 72.8 Å². The number of hydrogen-bond donors (Lipinski definition) is 0. The molecule has 4 aromatic rings. The molecule has 0 heterocycles. The third-order valence-electron chi connectivity index (χ3n) is 5.16. The van der Waals surface area contributed by atoms with Crippen molar-refractivity contribution in [1.29, 1.82) is 0 Å². The van der Waals surface area contributed by atoms with Gasteiger partial charge >= 0.3 is 0 Å². The molecule has 28 heavy (non-hydrogen) atoms. The van der Waals surface area contributed by atoms with E-state index in [-0.39, 0.29) is 5.56 Å². The fourth-order valence-electron chi connectivity index (χ4n) is 3.65. The molecule has 140 valence electrons. The normalized spacial score (nSPS) is 11.1. The summed E-state index contributed by atoms with van der Waals surface area (Å²) in [6, 6.07) is 22.4. The van der Waals surface area contributed by atoms with Crippen LogP contribution in [0.25, 0.3) is 33.0 Å². The Morgan fingerprint density at radius 1 is 0.643 bits per heavy atom. The van der Waals surface area contributed by atoms with Gasteiger partial charge in [-0.25, -0.2) is 8.78 Å². The summed E-state index contributed by atoms with van der Waals surface area (Å²) >= 11 is 0. The first-order valence-electron chi connectivity index (χ1n) is 9.64. The molecule has 0 unspecified atom stereocenters. The predicted octanol–water partition coefficient (Wildman–Crippen LogP) is 7.71. The number of fused-ring (bicyclic) bond motifs is 1. The summed E-state index contributed by atoms with van der Waals surface area (Å²) in [6.07, 6.45) is 2.16. The third-order valence-corrected chi connectivity index (χ3v) is 5.16. The van der Waals surface area contributed by atoms with Gasteiger partial charge < -0.3 is 0 Å². The zero-order valence-corrected chi connectivity index (χ0v) is 16.1. The lowest BCUT2D eigenvalue weighted by Crippen LogP contribution is -1.93. The zero-order valence-electron chi connectivity index (χ0n) is 16.1. The molecule has 0 N–H and O–H groups in total. The number of rotatable bonds is 4. The molecule has 4 aromatic carbocycles. The van der Waals surface area contributed by atoms with E-state index < -0.39 is 11.6 Å². The van der Waals surface area contributed by atoms with Gasteiger partial charge in [0.25, 0.3) is 0 Å². The summed E-state index contributed by atoms with van der Waals surface area (Å²) in [5.74, 6) is -1.09. The molecule has 0 aliphatic heterocycles. The molecule has 0 aliphatic rings. The van der Waals surface area contributed by atoms with E-state index in [1.165, 1.54) is 17.7 Å². The Hall–Kier alpha value is -3.00. The van der Waals surface area contributed by atoms with E-state index in [9.17, 15) is 8.78 Å². The average molecular weight is 372 g/mol. The van der Waals surface area contributed by atoms with Gasteiger partial charge in [0.1, 0.15) is 11.6 Å². The molecule has 0 aliphatic carbocycles. The number of benzene rings is 4. The van der Waals surface area contributed by atoms with E-state index in [2.05, 4.69) is 25.1 Å². The van der Waals surface area contributed by atoms with E-state index in [4.69, 9.17) is 0 Å². The second-order valence-electron chi connectivity index (χ2n) is 7.33. The summed E-state index contributed by atoms with van der Waals surface area (Å²) in [5, 5.41) is 2.22. The molecule has 0 fully saturated rings. The Morgan fingerprint density at radius 2 is 1.25 bits per heavy atom. The second kappa shape index (κ2) is 7.55. The third kappa shape index (κ3) is 3.55. The van der Waals surface area contributed by atoms with Crippen molar-refractivity contribution in [3.05, 3.63) is 95.6 Å². The van der Waals surface area contributed by atoms with E-state index in [1.807, 2.05) is 37.3 Å². The Balaban J connectivity index is 1.75. The Labute approximate surface area is 164 Å². The molecule has 0 aromatic heterocycles. The second-order valence-corrected chi connectivity index (χ2v) is 7.33. The molecule has 0 atom stereocenters. The van der Waals surface area contributed by atoms with Crippen LogP contribution in [0.1, 0.15) is 24.5 Å². The molecule has 0 spiro atoms. The maximum Gasteiger partial charge on any atom is 0.134 e. The van der Waals surface area contributed by atoms with Crippen LogP contribution in [0.4, 0.5) is 8.78 Å². The van der Waals surface area contributed by atoms with Crippen LogP contribution in [0.3, 0.4) is 0 Å².